The van der Waals surface area contributed by atoms with E-state index in [2.05, 4.69) is 15.2 Å². The Hall–Kier alpha value is -1.43. The summed E-state index contributed by atoms with van der Waals surface area (Å²) < 4.78 is 0. The van der Waals surface area contributed by atoms with Crippen molar-refractivity contribution in [2.24, 2.45) is 0 Å². The first-order valence-corrected chi connectivity index (χ1v) is 8.42. The summed E-state index contributed by atoms with van der Waals surface area (Å²) in [5, 5.41) is 6.47. The maximum Gasteiger partial charge on any atom is 0.226 e. The summed E-state index contributed by atoms with van der Waals surface area (Å²) >= 11 is 7.42. The van der Waals surface area contributed by atoms with Gasteiger partial charge in [0, 0.05) is 22.5 Å². The molecule has 0 aliphatic heterocycles. The molecule has 0 spiro atoms. The lowest BCUT2D eigenvalue weighted by Crippen LogP contribution is -2.28. The molecule has 6 heteroatoms. The first-order chi connectivity index (χ1) is 10.5. The van der Waals surface area contributed by atoms with Gasteiger partial charge in [-0.05, 0) is 39.2 Å². The smallest absolute Gasteiger partial charge is 0.226 e. The molecule has 1 aromatic carbocycles. The highest BCUT2D eigenvalue weighted by Gasteiger charge is 2.08. The van der Waals surface area contributed by atoms with Gasteiger partial charge in [0.1, 0.15) is 5.01 Å². The second kappa shape index (κ2) is 8.27. The Balaban J connectivity index is 1.84. The van der Waals surface area contributed by atoms with Gasteiger partial charge in [-0.25, -0.2) is 4.98 Å². The molecular formula is C16H20ClN3OS. The van der Waals surface area contributed by atoms with Gasteiger partial charge in [-0.2, -0.15) is 0 Å². The summed E-state index contributed by atoms with van der Waals surface area (Å²) in [6.07, 6.45) is 1.28. The fourth-order valence-corrected chi connectivity index (χ4v) is 2.92. The molecule has 0 saturated heterocycles. The molecule has 0 bridgehead atoms. The van der Waals surface area contributed by atoms with Crippen molar-refractivity contribution in [1.82, 2.24) is 15.2 Å². The molecule has 0 fully saturated rings. The van der Waals surface area contributed by atoms with Crippen LogP contribution in [0, 0.1) is 0 Å². The molecule has 0 unspecified atom stereocenters. The van der Waals surface area contributed by atoms with Crippen LogP contribution in [0.1, 0.15) is 12.1 Å². The van der Waals surface area contributed by atoms with Crippen molar-refractivity contribution in [3.63, 3.8) is 0 Å². The Kier molecular flexibility index (Phi) is 6.36. The van der Waals surface area contributed by atoms with E-state index in [1.165, 1.54) is 0 Å². The Morgan fingerprint density at radius 3 is 2.73 bits per heavy atom. The van der Waals surface area contributed by atoms with E-state index in [1.54, 1.807) is 11.3 Å². The summed E-state index contributed by atoms with van der Waals surface area (Å²) in [5.41, 5.74) is 1.83. The minimum atomic E-state index is 0.0201. The molecule has 1 heterocycles. The monoisotopic (exact) mass is 337 g/mol. The van der Waals surface area contributed by atoms with Crippen LogP contribution in [0.4, 0.5) is 0 Å². The normalized spacial score (nSPS) is 10.9. The minimum Gasteiger partial charge on any atom is -0.356 e. The van der Waals surface area contributed by atoms with E-state index >= 15 is 0 Å². The van der Waals surface area contributed by atoms with Crippen LogP contribution in [0.5, 0.6) is 0 Å². The first-order valence-electron chi connectivity index (χ1n) is 7.16. The third kappa shape index (κ3) is 5.40. The second-order valence-electron chi connectivity index (χ2n) is 5.33. The molecule has 118 valence electrons. The second-order valence-corrected chi connectivity index (χ2v) is 6.63. The average molecular weight is 338 g/mol. The van der Waals surface area contributed by atoms with Gasteiger partial charge in [0.2, 0.25) is 5.91 Å². The topological polar surface area (TPSA) is 45.2 Å². The van der Waals surface area contributed by atoms with E-state index in [4.69, 9.17) is 11.6 Å². The molecule has 0 aliphatic rings. The van der Waals surface area contributed by atoms with Crippen molar-refractivity contribution in [2.45, 2.75) is 12.8 Å². The fraction of sp³-hybridized carbons (Fsp3) is 0.375. The van der Waals surface area contributed by atoms with Gasteiger partial charge in [-0.1, -0.05) is 23.7 Å². The zero-order valence-corrected chi connectivity index (χ0v) is 14.4. The van der Waals surface area contributed by atoms with Crippen LogP contribution in [-0.4, -0.2) is 43.0 Å². The molecule has 22 heavy (non-hydrogen) atoms. The zero-order valence-electron chi connectivity index (χ0n) is 12.8. The van der Waals surface area contributed by atoms with E-state index in [-0.39, 0.29) is 5.91 Å². The van der Waals surface area contributed by atoms with Crippen molar-refractivity contribution in [3.05, 3.63) is 40.4 Å². The first kappa shape index (κ1) is 16.9. The number of halogens is 1. The van der Waals surface area contributed by atoms with Crippen LogP contribution in [0.2, 0.25) is 5.02 Å². The summed E-state index contributed by atoms with van der Waals surface area (Å²) in [4.78, 5) is 18.5. The molecule has 2 aromatic rings. The number of carbonyl (C=O) groups excluding carboxylic acids is 1. The summed E-state index contributed by atoms with van der Waals surface area (Å²) in [6, 6.07) is 7.56. The SMILES string of the molecule is CN(C)CCCNC(=O)Cc1csc(-c2ccc(Cl)cc2)n1. The maximum atomic E-state index is 11.9. The van der Waals surface area contributed by atoms with Gasteiger partial charge in [-0.15, -0.1) is 11.3 Å². The Bertz CT molecular complexity index is 610. The van der Waals surface area contributed by atoms with Crippen LogP contribution in [0.3, 0.4) is 0 Å². The average Bonchev–Trinajstić information content (AvgIpc) is 2.92. The molecule has 1 N–H and O–H groups in total. The number of hydrogen-bond donors (Lipinski definition) is 1. The number of rotatable bonds is 7. The number of aromatic nitrogens is 1. The standard InChI is InChI=1S/C16H20ClN3OS/c1-20(2)9-3-8-18-15(21)10-14-11-22-16(19-14)12-4-6-13(17)7-5-12/h4-7,11H,3,8-10H2,1-2H3,(H,18,21). The van der Waals surface area contributed by atoms with E-state index < -0.39 is 0 Å². The number of nitrogens with one attached hydrogen (secondary N) is 1. The molecule has 0 saturated carbocycles. The van der Waals surface area contributed by atoms with E-state index in [1.807, 2.05) is 43.7 Å². The minimum absolute atomic E-state index is 0.0201. The van der Waals surface area contributed by atoms with Crippen LogP contribution in [-0.2, 0) is 11.2 Å². The molecule has 1 amide bonds. The Morgan fingerprint density at radius 1 is 1.32 bits per heavy atom. The quantitative estimate of drug-likeness (QED) is 0.790. The number of hydrogen-bond acceptors (Lipinski definition) is 4. The molecule has 0 atom stereocenters. The molecule has 0 aliphatic carbocycles. The van der Waals surface area contributed by atoms with Gasteiger partial charge in [0.15, 0.2) is 0 Å². The highest BCUT2D eigenvalue weighted by Crippen LogP contribution is 2.25. The number of nitrogens with zero attached hydrogens (tertiary/aromatic N) is 2. The molecular weight excluding hydrogens is 318 g/mol. The fourth-order valence-electron chi connectivity index (χ4n) is 1.96. The third-order valence-corrected chi connectivity index (χ3v) is 4.28. The summed E-state index contributed by atoms with van der Waals surface area (Å²) in [6.45, 7) is 1.67. The number of amides is 1. The van der Waals surface area contributed by atoms with Crippen molar-refractivity contribution >= 4 is 28.8 Å². The third-order valence-electron chi connectivity index (χ3n) is 3.09. The van der Waals surface area contributed by atoms with Crippen LogP contribution in [0.15, 0.2) is 29.6 Å². The summed E-state index contributed by atoms with van der Waals surface area (Å²) in [7, 11) is 4.05. The van der Waals surface area contributed by atoms with Gasteiger partial charge in [0.05, 0.1) is 12.1 Å². The predicted octanol–water partition coefficient (Wildman–Crippen LogP) is 3.07. The van der Waals surface area contributed by atoms with Gasteiger partial charge in [-0.3, -0.25) is 4.79 Å². The van der Waals surface area contributed by atoms with Crippen LogP contribution >= 0.6 is 22.9 Å². The van der Waals surface area contributed by atoms with Crippen molar-refractivity contribution in [3.8, 4) is 10.6 Å². The molecule has 2 rings (SSSR count). The van der Waals surface area contributed by atoms with Gasteiger partial charge in [0.25, 0.3) is 0 Å². The summed E-state index contributed by atoms with van der Waals surface area (Å²) in [5.74, 6) is 0.0201. The zero-order chi connectivity index (χ0) is 15.9. The van der Waals surface area contributed by atoms with E-state index in [0.29, 0.717) is 18.0 Å². The van der Waals surface area contributed by atoms with Crippen LogP contribution in [0.25, 0.3) is 10.6 Å². The number of benzene rings is 1. The van der Waals surface area contributed by atoms with Gasteiger partial charge < -0.3 is 10.2 Å². The lowest BCUT2D eigenvalue weighted by Gasteiger charge is -2.09. The van der Waals surface area contributed by atoms with Crippen molar-refractivity contribution in [1.29, 1.82) is 0 Å². The lowest BCUT2D eigenvalue weighted by molar-refractivity contribution is -0.120. The lowest BCUT2D eigenvalue weighted by atomic mass is 10.2. The predicted molar refractivity (Wildman–Crippen MR) is 92.4 cm³/mol. The van der Waals surface area contributed by atoms with E-state index in [0.717, 1.165) is 29.2 Å². The van der Waals surface area contributed by atoms with Gasteiger partial charge >= 0.3 is 0 Å². The maximum absolute atomic E-state index is 11.9. The Labute approximate surface area is 140 Å². The van der Waals surface area contributed by atoms with E-state index in [9.17, 15) is 4.79 Å². The molecule has 4 nitrogen and oxygen atoms in total. The molecule has 1 aromatic heterocycles. The van der Waals surface area contributed by atoms with Crippen molar-refractivity contribution < 1.29 is 4.79 Å². The number of thiazole rings is 1. The van der Waals surface area contributed by atoms with Crippen molar-refractivity contribution in [2.75, 3.05) is 27.2 Å². The number of carbonyl (C=O) groups is 1. The highest BCUT2D eigenvalue weighted by atomic mass is 35.5. The van der Waals surface area contributed by atoms with Crippen LogP contribution < -0.4 is 5.32 Å². The Morgan fingerprint density at radius 2 is 2.05 bits per heavy atom. The highest BCUT2D eigenvalue weighted by molar-refractivity contribution is 7.13. The molecule has 0 radical (unpaired) electrons. The largest absolute Gasteiger partial charge is 0.356 e.